The number of thiazole rings is 1. The van der Waals surface area contributed by atoms with Gasteiger partial charge >= 0.3 is 0 Å². The first-order chi connectivity index (χ1) is 7.27. The van der Waals surface area contributed by atoms with Gasteiger partial charge in [0.2, 0.25) is 0 Å². The number of piperidine rings is 1. The van der Waals surface area contributed by atoms with E-state index < -0.39 is 0 Å². The smallest absolute Gasteiger partial charge is 0.0798 e. The molecule has 0 saturated carbocycles. The molecule has 1 aliphatic rings. The van der Waals surface area contributed by atoms with E-state index in [9.17, 15) is 0 Å². The van der Waals surface area contributed by atoms with E-state index in [-0.39, 0.29) is 0 Å². The van der Waals surface area contributed by atoms with Gasteiger partial charge in [0.1, 0.15) is 0 Å². The minimum Gasteiger partial charge on any atom is -0.317 e. The summed E-state index contributed by atoms with van der Waals surface area (Å²) in [4.78, 5) is 8.18. The molecule has 4 heteroatoms. The largest absolute Gasteiger partial charge is 0.317 e. The van der Waals surface area contributed by atoms with Gasteiger partial charge in [0.15, 0.2) is 0 Å². The van der Waals surface area contributed by atoms with Gasteiger partial charge in [-0.05, 0) is 39.9 Å². The first-order valence-electron chi connectivity index (χ1n) is 5.57. The van der Waals surface area contributed by atoms with Gasteiger partial charge < -0.3 is 5.32 Å². The van der Waals surface area contributed by atoms with Crippen LogP contribution in [0.15, 0.2) is 5.51 Å². The maximum atomic E-state index is 4.29. The molecule has 2 rings (SSSR count). The molecule has 15 heavy (non-hydrogen) atoms. The van der Waals surface area contributed by atoms with Crippen LogP contribution in [0.25, 0.3) is 0 Å². The number of nitrogens with zero attached hydrogens (tertiary/aromatic N) is 2. The highest BCUT2D eigenvalue weighted by Crippen LogP contribution is 2.18. The van der Waals surface area contributed by atoms with Crippen LogP contribution in [0.1, 0.15) is 23.4 Å². The van der Waals surface area contributed by atoms with Crippen molar-refractivity contribution < 1.29 is 0 Å². The average molecular weight is 225 g/mol. The molecule has 3 nitrogen and oxygen atoms in total. The second kappa shape index (κ2) is 5.05. The van der Waals surface area contributed by atoms with E-state index in [4.69, 9.17) is 0 Å². The third kappa shape index (κ3) is 2.77. The van der Waals surface area contributed by atoms with Gasteiger partial charge in [-0.25, -0.2) is 4.98 Å². The van der Waals surface area contributed by atoms with Gasteiger partial charge in [0.05, 0.1) is 11.2 Å². The molecule has 2 heterocycles. The zero-order chi connectivity index (χ0) is 10.7. The minimum atomic E-state index is 0.743. The van der Waals surface area contributed by atoms with Crippen molar-refractivity contribution in [1.29, 1.82) is 0 Å². The van der Waals surface area contributed by atoms with E-state index in [2.05, 4.69) is 29.2 Å². The summed E-state index contributed by atoms with van der Waals surface area (Å²) in [6, 6.07) is 0.743. The second-order valence-electron chi connectivity index (χ2n) is 4.26. The van der Waals surface area contributed by atoms with Crippen molar-refractivity contribution in [3.63, 3.8) is 0 Å². The molecule has 1 saturated heterocycles. The molecule has 0 bridgehead atoms. The van der Waals surface area contributed by atoms with Crippen LogP contribution in [0, 0.1) is 6.92 Å². The molecule has 1 aliphatic heterocycles. The van der Waals surface area contributed by atoms with Crippen molar-refractivity contribution in [3.8, 4) is 0 Å². The topological polar surface area (TPSA) is 28.2 Å². The van der Waals surface area contributed by atoms with E-state index in [1.54, 1.807) is 11.3 Å². The molecule has 0 unspecified atom stereocenters. The van der Waals surface area contributed by atoms with Crippen molar-refractivity contribution in [2.45, 2.75) is 32.4 Å². The highest BCUT2D eigenvalue weighted by atomic mass is 32.1. The fourth-order valence-corrected chi connectivity index (χ4v) is 2.92. The van der Waals surface area contributed by atoms with Crippen LogP contribution in [0.5, 0.6) is 0 Å². The summed E-state index contributed by atoms with van der Waals surface area (Å²) in [5, 5.41) is 3.40. The van der Waals surface area contributed by atoms with Gasteiger partial charge in [-0.3, -0.25) is 4.90 Å². The third-order valence-corrected chi connectivity index (χ3v) is 4.09. The first kappa shape index (κ1) is 11.0. The van der Waals surface area contributed by atoms with E-state index >= 15 is 0 Å². The van der Waals surface area contributed by atoms with E-state index in [1.807, 2.05) is 5.51 Å². The quantitative estimate of drug-likeness (QED) is 0.847. The number of aryl methyl sites for hydroxylation is 1. The Morgan fingerprint density at radius 1 is 1.53 bits per heavy atom. The third-order valence-electron chi connectivity index (χ3n) is 3.17. The number of hydrogen-bond donors (Lipinski definition) is 1. The lowest BCUT2D eigenvalue weighted by atomic mass is 10.1. The number of hydrogen-bond acceptors (Lipinski definition) is 4. The Labute approximate surface area is 95.5 Å². The molecule has 0 atom stereocenters. The zero-order valence-electron chi connectivity index (χ0n) is 9.49. The summed E-state index contributed by atoms with van der Waals surface area (Å²) in [5.74, 6) is 0. The van der Waals surface area contributed by atoms with Crippen molar-refractivity contribution in [2.75, 3.05) is 20.1 Å². The zero-order valence-corrected chi connectivity index (χ0v) is 10.3. The van der Waals surface area contributed by atoms with Gasteiger partial charge in [-0.15, -0.1) is 11.3 Å². The van der Waals surface area contributed by atoms with Crippen molar-refractivity contribution in [2.24, 2.45) is 0 Å². The summed E-state index contributed by atoms with van der Waals surface area (Å²) < 4.78 is 0. The van der Waals surface area contributed by atoms with Crippen LogP contribution in [0.3, 0.4) is 0 Å². The lowest BCUT2D eigenvalue weighted by Gasteiger charge is -2.31. The van der Waals surface area contributed by atoms with Crippen molar-refractivity contribution in [3.05, 3.63) is 16.1 Å². The monoisotopic (exact) mass is 225 g/mol. The maximum absolute atomic E-state index is 4.29. The molecule has 1 aromatic heterocycles. The van der Waals surface area contributed by atoms with E-state index in [1.165, 1.54) is 23.4 Å². The highest BCUT2D eigenvalue weighted by Gasteiger charge is 2.18. The molecule has 0 aliphatic carbocycles. The SMILES string of the molecule is Cc1ncsc1CN(C)C1CCNCC1. The summed E-state index contributed by atoms with van der Waals surface area (Å²) in [5.41, 5.74) is 3.14. The predicted molar refractivity (Wildman–Crippen MR) is 64.2 cm³/mol. The fraction of sp³-hybridized carbons (Fsp3) is 0.727. The Bertz CT molecular complexity index is 305. The van der Waals surface area contributed by atoms with E-state index in [0.717, 1.165) is 25.7 Å². The predicted octanol–water partition coefficient (Wildman–Crippen LogP) is 1.64. The molecule has 1 aromatic rings. The fourth-order valence-electron chi connectivity index (χ4n) is 2.08. The molecular weight excluding hydrogens is 206 g/mol. The van der Waals surface area contributed by atoms with Gasteiger partial charge in [0, 0.05) is 17.5 Å². The molecule has 0 spiro atoms. The van der Waals surface area contributed by atoms with Gasteiger partial charge in [-0.2, -0.15) is 0 Å². The van der Waals surface area contributed by atoms with Crippen LogP contribution < -0.4 is 5.32 Å². The van der Waals surface area contributed by atoms with E-state index in [0.29, 0.717) is 0 Å². The van der Waals surface area contributed by atoms with Crippen LogP contribution in [-0.4, -0.2) is 36.1 Å². The van der Waals surface area contributed by atoms with Crippen LogP contribution >= 0.6 is 11.3 Å². The van der Waals surface area contributed by atoms with Gasteiger partial charge in [-0.1, -0.05) is 0 Å². The standard InChI is InChI=1S/C11H19N3S/c1-9-11(15-8-13-9)7-14(2)10-3-5-12-6-4-10/h8,10,12H,3-7H2,1-2H3. The lowest BCUT2D eigenvalue weighted by molar-refractivity contribution is 0.193. The lowest BCUT2D eigenvalue weighted by Crippen LogP contribution is -2.40. The Morgan fingerprint density at radius 2 is 2.27 bits per heavy atom. The van der Waals surface area contributed by atoms with Crippen LogP contribution in [-0.2, 0) is 6.54 Å². The van der Waals surface area contributed by atoms with Crippen LogP contribution in [0.2, 0.25) is 0 Å². The summed E-state index contributed by atoms with van der Waals surface area (Å²) in [6.07, 6.45) is 2.54. The molecule has 1 fully saturated rings. The Kier molecular flexibility index (Phi) is 3.72. The highest BCUT2D eigenvalue weighted by molar-refractivity contribution is 7.09. The minimum absolute atomic E-state index is 0.743. The summed E-state index contributed by atoms with van der Waals surface area (Å²) in [7, 11) is 2.23. The Balaban J connectivity index is 1.91. The molecule has 0 amide bonds. The Hall–Kier alpha value is -0.450. The number of aromatic nitrogens is 1. The first-order valence-corrected chi connectivity index (χ1v) is 6.45. The molecule has 0 radical (unpaired) electrons. The van der Waals surface area contributed by atoms with Crippen LogP contribution in [0.4, 0.5) is 0 Å². The number of nitrogens with one attached hydrogen (secondary N) is 1. The average Bonchev–Trinajstić information content (AvgIpc) is 2.66. The van der Waals surface area contributed by atoms with Gasteiger partial charge in [0.25, 0.3) is 0 Å². The molecule has 1 N–H and O–H groups in total. The maximum Gasteiger partial charge on any atom is 0.0798 e. The molecule has 0 aromatic carbocycles. The molecular formula is C11H19N3S. The summed E-state index contributed by atoms with van der Waals surface area (Å²) >= 11 is 1.77. The molecule has 84 valence electrons. The van der Waals surface area contributed by atoms with Crippen molar-refractivity contribution in [1.82, 2.24) is 15.2 Å². The van der Waals surface area contributed by atoms with Crippen molar-refractivity contribution >= 4 is 11.3 Å². The normalized spacial score (nSPS) is 18.6. The summed E-state index contributed by atoms with van der Waals surface area (Å²) in [6.45, 7) is 5.48. The number of rotatable bonds is 3. The Morgan fingerprint density at radius 3 is 2.87 bits per heavy atom. The second-order valence-corrected chi connectivity index (χ2v) is 5.20.